The first-order chi connectivity index (χ1) is 17.5. The standard InChI is InChI=1S/C29H29N3O4/c1-19-26(35-24-14-16-32(2)17-15-24)13-10-22-18-25(28(33)36-27(19)22)31-29(34)30-23-11-8-21(9-12-23)20-6-4-3-5-7-20/h3-13,18,24H,14-17H2,1-2H3,(H2,30,31,34). The van der Waals surface area contributed by atoms with Crippen LogP contribution in [-0.4, -0.2) is 37.2 Å². The van der Waals surface area contributed by atoms with Crippen LogP contribution in [0.2, 0.25) is 0 Å². The molecule has 0 saturated carbocycles. The minimum Gasteiger partial charge on any atom is -0.490 e. The number of nitrogens with zero attached hydrogens (tertiary/aromatic N) is 1. The van der Waals surface area contributed by atoms with Crippen molar-refractivity contribution in [3.8, 4) is 16.9 Å². The van der Waals surface area contributed by atoms with E-state index in [-0.39, 0.29) is 11.8 Å². The molecule has 1 saturated heterocycles. The topological polar surface area (TPSA) is 83.8 Å². The average molecular weight is 484 g/mol. The van der Waals surface area contributed by atoms with Crippen molar-refractivity contribution in [3.05, 3.63) is 88.8 Å². The number of hydrogen-bond donors (Lipinski definition) is 2. The van der Waals surface area contributed by atoms with Gasteiger partial charge in [-0.05, 0) is 68.3 Å². The number of likely N-dealkylation sites (tertiary alicyclic amines) is 1. The summed E-state index contributed by atoms with van der Waals surface area (Å²) in [6.07, 6.45) is 2.07. The lowest BCUT2D eigenvalue weighted by Gasteiger charge is -2.29. The molecule has 0 atom stereocenters. The van der Waals surface area contributed by atoms with E-state index < -0.39 is 11.7 Å². The van der Waals surface area contributed by atoms with Crippen molar-refractivity contribution in [1.29, 1.82) is 0 Å². The summed E-state index contributed by atoms with van der Waals surface area (Å²) >= 11 is 0. The van der Waals surface area contributed by atoms with Crippen molar-refractivity contribution in [2.45, 2.75) is 25.9 Å². The Kier molecular flexibility index (Phi) is 6.73. The van der Waals surface area contributed by atoms with Crippen LogP contribution >= 0.6 is 0 Å². The van der Waals surface area contributed by atoms with Crippen LogP contribution in [0.3, 0.4) is 0 Å². The molecule has 2 amide bonds. The number of carbonyl (C=O) groups is 1. The van der Waals surface area contributed by atoms with E-state index in [0.29, 0.717) is 16.7 Å². The molecule has 0 bridgehead atoms. The lowest BCUT2D eigenvalue weighted by atomic mass is 10.1. The summed E-state index contributed by atoms with van der Waals surface area (Å²) in [5.41, 5.74) is 3.46. The molecule has 1 aliphatic heterocycles. The number of nitrogens with one attached hydrogen (secondary N) is 2. The monoisotopic (exact) mass is 483 g/mol. The van der Waals surface area contributed by atoms with Crippen molar-refractivity contribution >= 4 is 28.4 Å². The second-order valence-corrected chi connectivity index (χ2v) is 9.20. The zero-order valence-electron chi connectivity index (χ0n) is 20.4. The number of rotatable bonds is 5. The van der Waals surface area contributed by atoms with Crippen LogP contribution in [0.25, 0.3) is 22.1 Å². The molecule has 1 aromatic heterocycles. The normalized spacial score (nSPS) is 14.5. The molecular formula is C29H29N3O4. The van der Waals surface area contributed by atoms with Gasteiger partial charge >= 0.3 is 11.7 Å². The van der Waals surface area contributed by atoms with Gasteiger partial charge in [0, 0.05) is 29.7 Å². The summed E-state index contributed by atoms with van der Waals surface area (Å²) in [4.78, 5) is 27.5. The van der Waals surface area contributed by atoms with Gasteiger partial charge < -0.3 is 24.7 Å². The van der Waals surface area contributed by atoms with Crippen LogP contribution in [0.5, 0.6) is 5.75 Å². The molecule has 4 aromatic rings. The first-order valence-corrected chi connectivity index (χ1v) is 12.1. The molecule has 1 aliphatic rings. The van der Waals surface area contributed by atoms with E-state index in [2.05, 4.69) is 22.6 Å². The highest BCUT2D eigenvalue weighted by molar-refractivity contribution is 6.00. The Morgan fingerprint density at radius 1 is 0.944 bits per heavy atom. The molecule has 5 rings (SSSR count). The lowest BCUT2D eigenvalue weighted by Crippen LogP contribution is -2.35. The fraction of sp³-hybridized carbons (Fsp3) is 0.241. The Bertz CT molecular complexity index is 1420. The minimum absolute atomic E-state index is 0.0734. The number of carbonyl (C=O) groups excluding carboxylic acids is 1. The summed E-state index contributed by atoms with van der Waals surface area (Å²) < 4.78 is 11.8. The fourth-order valence-corrected chi connectivity index (χ4v) is 4.46. The Labute approximate surface area is 209 Å². The number of ether oxygens (including phenoxy) is 1. The van der Waals surface area contributed by atoms with Gasteiger partial charge in [0.25, 0.3) is 0 Å². The Morgan fingerprint density at radius 2 is 1.64 bits per heavy atom. The predicted octanol–water partition coefficient (Wildman–Crippen LogP) is 5.89. The quantitative estimate of drug-likeness (QED) is 0.346. The average Bonchev–Trinajstić information content (AvgIpc) is 2.89. The van der Waals surface area contributed by atoms with Crippen molar-refractivity contribution in [3.63, 3.8) is 0 Å². The number of aryl methyl sites for hydroxylation is 1. The van der Waals surface area contributed by atoms with E-state index in [4.69, 9.17) is 9.15 Å². The summed E-state index contributed by atoms with van der Waals surface area (Å²) in [7, 11) is 2.11. The van der Waals surface area contributed by atoms with Crippen LogP contribution in [-0.2, 0) is 0 Å². The van der Waals surface area contributed by atoms with Gasteiger partial charge in [-0.25, -0.2) is 9.59 Å². The summed E-state index contributed by atoms with van der Waals surface area (Å²) in [6.45, 7) is 3.88. The van der Waals surface area contributed by atoms with Crippen molar-refractivity contribution in [2.24, 2.45) is 0 Å². The van der Waals surface area contributed by atoms with Gasteiger partial charge in [0.2, 0.25) is 0 Å². The molecule has 0 radical (unpaired) electrons. The molecule has 2 N–H and O–H groups in total. The third-order valence-electron chi connectivity index (χ3n) is 6.56. The summed E-state index contributed by atoms with van der Waals surface area (Å²) in [6, 6.07) is 22.3. The molecule has 36 heavy (non-hydrogen) atoms. The highest BCUT2D eigenvalue weighted by Gasteiger charge is 2.20. The minimum atomic E-state index is -0.614. The van der Waals surface area contributed by atoms with Gasteiger partial charge in [0.15, 0.2) is 0 Å². The number of fused-ring (bicyclic) bond motifs is 1. The van der Waals surface area contributed by atoms with Crippen LogP contribution in [0.4, 0.5) is 16.2 Å². The number of amides is 2. The number of urea groups is 1. The second-order valence-electron chi connectivity index (χ2n) is 9.20. The molecule has 1 fully saturated rings. The zero-order valence-corrected chi connectivity index (χ0v) is 20.4. The first-order valence-electron chi connectivity index (χ1n) is 12.1. The van der Waals surface area contributed by atoms with Crippen LogP contribution in [0, 0.1) is 6.92 Å². The molecule has 0 unspecified atom stereocenters. The van der Waals surface area contributed by atoms with E-state index >= 15 is 0 Å². The molecule has 0 spiro atoms. The van der Waals surface area contributed by atoms with Crippen molar-refractivity contribution < 1.29 is 13.9 Å². The molecule has 3 aromatic carbocycles. The van der Waals surface area contributed by atoms with Crippen molar-refractivity contribution in [1.82, 2.24) is 4.90 Å². The van der Waals surface area contributed by atoms with E-state index in [1.54, 1.807) is 6.07 Å². The smallest absolute Gasteiger partial charge is 0.360 e. The van der Waals surface area contributed by atoms with Gasteiger partial charge in [0.05, 0.1) is 0 Å². The highest BCUT2D eigenvalue weighted by atomic mass is 16.5. The molecule has 7 nitrogen and oxygen atoms in total. The van der Waals surface area contributed by atoms with Gasteiger partial charge in [-0.1, -0.05) is 42.5 Å². The van der Waals surface area contributed by atoms with Gasteiger partial charge in [-0.2, -0.15) is 0 Å². The van der Waals surface area contributed by atoms with Crippen LogP contribution in [0.1, 0.15) is 18.4 Å². The Morgan fingerprint density at radius 3 is 2.36 bits per heavy atom. The van der Waals surface area contributed by atoms with E-state index in [1.807, 2.05) is 73.7 Å². The SMILES string of the molecule is Cc1c(OC2CCN(C)CC2)ccc2cc(NC(=O)Nc3ccc(-c4ccccc4)cc3)c(=O)oc12. The maximum Gasteiger partial charge on any atom is 0.360 e. The predicted molar refractivity (Wildman–Crippen MR) is 143 cm³/mol. The summed E-state index contributed by atoms with van der Waals surface area (Å²) in [5, 5.41) is 6.08. The highest BCUT2D eigenvalue weighted by Crippen LogP contribution is 2.30. The number of anilines is 2. The lowest BCUT2D eigenvalue weighted by molar-refractivity contribution is 0.113. The third kappa shape index (κ3) is 5.26. The number of piperidine rings is 1. The Balaban J connectivity index is 1.27. The van der Waals surface area contributed by atoms with E-state index in [1.165, 1.54) is 0 Å². The Hall–Kier alpha value is -4.10. The molecular weight excluding hydrogens is 454 g/mol. The number of benzene rings is 3. The number of hydrogen-bond acceptors (Lipinski definition) is 5. The largest absolute Gasteiger partial charge is 0.490 e. The molecule has 0 aliphatic carbocycles. The van der Waals surface area contributed by atoms with Crippen LogP contribution in [0.15, 0.2) is 82.0 Å². The van der Waals surface area contributed by atoms with Crippen molar-refractivity contribution in [2.75, 3.05) is 30.8 Å². The van der Waals surface area contributed by atoms with E-state index in [9.17, 15) is 9.59 Å². The van der Waals surface area contributed by atoms with Gasteiger partial charge in [-0.3, -0.25) is 0 Å². The third-order valence-corrected chi connectivity index (χ3v) is 6.56. The fourth-order valence-electron chi connectivity index (χ4n) is 4.46. The second kappa shape index (κ2) is 10.3. The zero-order chi connectivity index (χ0) is 25.1. The molecule has 2 heterocycles. The molecule has 184 valence electrons. The summed E-state index contributed by atoms with van der Waals surface area (Å²) in [5.74, 6) is 0.720. The molecule has 7 heteroatoms. The van der Waals surface area contributed by atoms with Gasteiger partial charge in [0.1, 0.15) is 23.1 Å². The maximum atomic E-state index is 12.7. The van der Waals surface area contributed by atoms with Crippen LogP contribution < -0.4 is 21.0 Å². The van der Waals surface area contributed by atoms with Gasteiger partial charge in [-0.15, -0.1) is 0 Å². The first kappa shape index (κ1) is 23.6. The maximum absolute atomic E-state index is 12.7. The van der Waals surface area contributed by atoms with E-state index in [0.717, 1.165) is 48.4 Å².